The summed E-state index contributed by atoms with van der Waals surface area (Å²) in [6, 6.07) is 4.44. The van der Waals surface area contributed by atoms with Gasteiger partial charge in [-0.15, -0.1) is 0 Å². The number of anilines is 1. The first kappa shape index (κ1) is 15.4. The van der Waals surface area contributed by atoms with E-state index in [1.54, 1.807) is 0 Å². The molecule has 0 saturated carbocycles. The summed E-state index contributed by atoms with van der Waals surface area (Å²) in [5.41, 5.74) is 1.00. The van der Waals surface area contributed by atoms with E-state index in [1.807, 2.05) is 0 Å². The molecule has 0 radical (unpaired) electrons. The van der Waals surface area contributed by atoms with E-state index < -0.39 is 12.1 Å². The van der Waals surface area contributed by atoms with Crippen molar-refractivity contribution >= 4 is 23.5 Å². The van der Waals surface area contributed by atoms with E-state index in [1.165, 1.54) is 31.2 Å². The molecule has 2 N–H and O–H groups in total. The Morgan fingerprint density at radius 2 is 2.10 bits per heavy atom. The van der Waals surface area contributed by atoms with Gasteiger partial charge in [-0.3, -0.25) is 14.9 Å². The molecule has 106 valence electrons. The van der Waals surface area contributed by atoms with Crippen molar-refractivity contribution in [1.82, 2.24) is 0 Å². The number of rotatable bonds is 6. The second kappa shape index (κ2) is 7.08. The summed E-state index contributed by atoms with van der Waals surface area (Å²) >= 11 is 0. The van der Waals surface area contributed by atoms with Crippen LogP contribution in [0, 0.1) is 0 Å². The van der Waals surface area contributed by atoms with Gasteiger partial charge >= 0.3 is 12.1 Å². The molecule has 0 bridgehead atoms. The first-order chi connectivity index (χ1) is 9.43. The third kappa shape index (κ3) is 4.56. The van der Waals surface area contributed by atoms with Crippen LogP contribution in [-0.2, 0) is 16.0 Å². The number of amides is 1. The van der Waals surface area contributed by atoms with Crippen LogP contribution in [-0.4, -0.2) is 29.6 Å². The second-order valence-corrected chi connectivity index (χ2v) is 4.01. The highest BCUT2D eigenvalue weighted by atomic mass is 16.5. The van der Waals surface area contributed by atoms with Crippen LogP contribution in [0.5, 0.6) is 0 Å². The lowest BCUT2D eigenvalue weighted by Gasteiger charge is -2.11. The van der Waals surface area contributed by atoms with E-state index in [4.69, 9.17) is 9.84 Å². The number of carbonyl (C=O) groups is 3. The van der Waals surface area contributed by atoms with Gasteiger partial charge in [-0.05, 0) is 18.6 Å². The Bertz CT molecular complexity index is 550. The number of hydrogen-bond acceptors (Lipinski definition) is 4. The molecule has 1 rings (SSSR count). The van der Waals surface area contributed by atoms with Crippen molar-refractivity contribution in [2.45, 2.75) is 13.3 Å². The molecule has 0 aliphatic rings. The molecule has 1 aromatic carbocycles. The predicted octanol–water partition coefficient (Wildman–Crippen LogP) is 2.25. The van der Waals surface area contributed by atoms with Gasteiger partial charge in [-0.2, -0.15) is 0 Å². The number of carboxylic acid groups (broad SMARTS) is 1. The van der Waals surface area contributed by atoms with E-state index in [2.05, 4.69) is 11.9 Å². The number of hydrogen-bond donors (Lipinski definition) is 2. The molecule has 0 saturated heterocycles. The molecule has 0 heterocycles. The molecule has 1 aromatic rings. The van der Waals surface area contributed by atoms with Gasteiger partial charge in [0, 0.05) is 11.3 Å². The summed E-state index contributed by atoms with van der Waals surface area (Å²) in [6.07, 6.45) is 0.399. The van der Waals surface area contributed by atoms with Crippen LogP contribution in [0.2, 0.25) is 0 Å². The van der Waals surface area contributed by atoms with Gasteiger partial charge in [0.25, 0.3) is 0 Å². The average molecular weight is 277 g/mol. The Morgan fingerprint density at radius 3 is 2.65 bits per heavy atom. The summed E-state index contributed by atoms with van der Waals surface area (Å²) in [5.74, 6) is -1.22. The molecule has 1 amide bonds. The normalized spacial score (nSPS) is 9.65. The minimum atomic E-state index is -1.04. The molecular formula is C14H15NO5. The molecule has 0 atom stereocenters. The molecule has 6 heteroatoms. The predicted molar refractivity (Wildman–Crippen MR) is 73.0 cm³/mol. The second-order valence-electron chi connectivity index (χ2n) is 4.01. The van der Waals surface area contributed by atoms with E-state index in [9.17, 15) is 14.4 Å². The zero-order valence-electron chi connectivity index (χ0n) is 11.0. The molecule has 0 fully saturated rings. The fourth-order valence-corrected chi connectivity index (χ4v) is 1.51. The third-order valence-corrected chi connectivity index (χ3v) is 2.43. The number of ketones is 1. The maximum absolute atomic E-state index is 11.5. The molecule has 0 aliphatic heterocycles. The Labute approximate surface area is 116 Å². The highest BCUT2D eigenvalue weighted by molar-refractivity contribution is 5.97. The molecule has 0 spiro atoms. The maximum atomic E-state index is 11.5. The van der Waals surface area contributed by atoms with Crippen LogP contribution in [0.1, 0.15) is 22.8 Å². The largest absolute Gasteiger partial charge is 0.481 e. The smallest absolute Gasteiger partial charge is 0.411 e. The van der Waals surface area contributed by atoms with Crippen molar-refractivity contribution in [3.05, 3.63) is 42.0 Å². The van der Waals surface area contributed by atoms with Crippen LogP contribution in [0.25, 0.3) is 0 Å². The van der Waals surface area contributed by atoms with E-state index in [0.717, 1.165) is 0 Å². The van der Waals surface area contributed by atoms with Crippen LogP contribution >= 0.6 is 0 Å². The lowest BCUT2D eigenvalue weighted by Crippen LogP contribution is -2.16. The lowest BCUT2D eigenvalue weighted by molar-refractivity contribution is -0.136. The van der Waals surface area contributed by atoms with Crippen LogP contribution in [0.4, 0.5) is 10.5 Å². The summed E-state index contributed by atoms with van der Waals surface area (Å²) in [7, 11) is 0. The average Bonchev–Trinajstić information content (AvgIpc) is 2.37. The minimum Gasteiger partial charge on any atom is -0.481 e. The van der Waals surface area contributed by atoms with Crippen molar-refractivity contribution in [3.8, 4) is 0 Å². The molecule has 0 unspecified atom stereocenters. The number of carbonyl (C=O) groups excluding carboxylic acids is 2. The number of Topliss-reactive ketones (excluding diaryl/α,β-unsaturated/α-hetero) is 1. The van der Waals surface area contributed by atoms with Crippen molar-refractivity contribution in [1.29, 1.82) is 0 Å². The SMILES string of the molecule is C=CCOC(=O)Nc1cc(C(C)=O)ccc1CC(=O)O. The Hall–Kier alpha value is -2.63. The fourth-order valence-electron chi connectivity index (χ4n) is 1.51. The Morgan fingerprint density at radius 1 is 1.40 bits per heavy atom. The van der Waals surface area contributed by atoms with Gasteiger partial charge in [0.2, 0.25) is 0 Å². The topological polar surface area (TPSA) is 92.7 Å². The van der Waals surface area contributed by atoms with E-state index in [-0.39, 0.29) is 24.5 Å². The van der Waals surface area contributed by atoms with Gasteiger partial charge in [0.15, 0.2) is 5.78 Å². The highest BCUT2D eigenvalue weighted by Gasteiger charge is 2.12. The molecule has 0 aliphatic carbocycles. The van der Waals surface area contributed by atoms with Gasteiger partial charge in [0.1, 0.15) is 6.61 Å². The van der Waals surface area contributed by atoms with E-state index in [0.29, 0.717) is 11.1 Å². The summed E-state index contributed by atoms with van der Waals surface area (Å²) in [4.78, 5) is 33.6. The van der Waals surface area contributed by atoms with Crippen LogP contribution in [0.3, 0.4) is 0 Å². The zero-order valence-corrected chi connectivity index (χ0v) is 11.0. The van der Waals surface area contributed by atoms with Gasteiger partial charge < -0.3 is 9.84 Å². The number of aliphatic carboxylic acids is 1. The van der Waals surface area contributed by atoms with Crippen molar-refractivity contribution in [3.63, 3.8) is 0 Å². The van der Waals surface area contributed by atoms with Crippen LogP contribution in [0.15, 0.2) is 30.9 Å². The number of carboxylic acids is 1. The standard InChI is InChI=1S/C14H15NO5/c1-3-6-20-14(19)15-12-7-10(9(2)16)4-5-11(12)8-13(17)18/h3-5,7H,1,6,8H2,2H3,(H,15,19)(H,17,18). The highest BCUT2D eigenvalue weighted by Crippen LogP contribution is 2.19. The van der Waals surface area contributed by atoms with Crippen molar-refractivity contribution < 1.29 is 24.2 Å². The van der Waals surface area contributed by atoms with Gasteiger partial charge in [0.05, 0.1) is 6.42 Å². The third-order valence-electron chi connectivity index (χ3n) is 2.43. The molecule has 0 aromatic heterocycles. The number of benzene rings is 1. The lowest BCUT2D eigenvalue weighted by atomic mass is 10.0. The van der Waals surface area contributed by atoms with Crippen molar-refractivity contribution in [2.24, 2.45) is 0 Å². The summed E-state index contributed by atoms with van der Waals surface area (Å²) < 4.78 is 4.75. The Balaban J connectivity index is 3.01. The minimum absolute atomic E-state index is 0.0342. The number of ether oxygens (including phenoxy) is 1. The molecular weight excluding hydrogens is 262 g/mol. The molecule has 20 heavy (non-hydrogen) atoms. The zero-order chi connectivity index (χ0) is 15.1. The number of nitrogens with one attached hydrogen (secondary N) is 1. The molecule has 6 nitrogen and oxygen atoms in total. The summed E-state index contributed by atoms with van der Waals surface area (Å²) in [5, 5.41) is 11.2. The van der Waals surface area contributed by atoms with Gasteiger partial charge in [-0.1, -0.05) is 24.8 Å². The first-order valence-corrected chi connectivity index (χ1v) is 5.84. The summed E-state index contributed by atoms with van der Waals surface area (Å²) in [6.45, 7) is 4.82. The monoisotopic (exact) mass is 277 g/mol. The Kier molecular flexibility index (Phi) is 5.46. The van der Waals surface area contributed by atoms with Crippen molar-refractivity contribution in [2.75, 3.05) is 11.9 Å². The fraction of sp³-hybridized carbons (Fsp3) is 0.214. The van der Waals surface area contributed by atoms with Crippen LogP contribution < -0.4 is 5.32 Å². The first-order valence-electron chi connectivity index (χ1n) is 5.84. The van der Waals surface area contributed by atoms with Gasteiger partial charge in [-0.25, -0.2) is 4.79 Å². The van der Waals surface area contributed by atoms with E-state index >= 15 is 0 Å². The maximum Gasteiger partial charge on any atom is 0.411 e. The quantitative estimate of drug-likeness (QED) is 0.614.